The minimum absolute atomic E-state index is 0.197. The van der Waals surface area contributed by atoms with Crippen LogP contribution >= 0.6 is 15.9 Å². The molecule has 0 saturated carbocycles. The van der Waals surface area contributed by atoms with Crippen molar-refractivity contribution >= 4 is 27.5 Å². The molecule has 0 bridgehead atoms. The van der Waals surface area contributed by atoms with Gasteiger partial charge in [-0.1, -0.05) is 0 Å². The van der Waals surface area contributed by atoms with Crippen LogP contribution in [0.4, 0.5) is 5.82 Å². The van der Waals surface area contributed by atoms with Gasteiger partial charge in [0.2, 0.25) is 0 Å². The average molecular weight is 272 g/mol. The van der Waals surface area contributed by atoms with Crippen molar-refractivity contribution in [3.8, 4) is 0 Å². The standard InChI is InChI=1S/C9H10BrN3O2/c10-7-8(11-5-12-9(7)15)13-3-1-6(14)2-4-13/h5H,1-4H2,(H,11,12,15). The van der Waals surface area contributed by atoms with Crippen molar-refractivity contribution in [1.82, 2.24) is 9.97 Å². The van der Waals surface area contributed by atoms with Gasteiger partial charge in [0.05, 0.1) is 6.33 Å². The second-order valence-corrected chi connectivity index (χ2v) is 4.19. The average Bonchev–Trinajstić information content (AvgIpc) is 2.24. The first kappa shape index (κ1) is 10.4. The summed E-state index contributed by atoms with van der Waals surface area (Å²) in [6.07, 6.45) is 2.43. The number of hydrogen-bond donors (Lipinski definition) is 1. The lowest BCUT2D eigenvalue weighted by Crippen LogP contribution is -2.35. The number of Topliss-reactive ketones (excluding diaryl/α,β-unsaturated/α-hetero) is 1. The molecule has 0 spiro atoms. The molecule has 2 heterocycles. The number of halogens is 1. The van der Waals surface area contributed by atoms with Gasteiger partial charge in [-0.05, 0) is 15.9 Å². The Morgan fingerprint density at radius 1 is 1.33 bits per heavy atom. The Morgan fingerprint density at radius 3 is 2.67 bits per heavy atom. The molecule has 1 aliphatic heterocycles. The topological polar surface area (TPSA) is 66.1 Å². The van der Waals surface area contributed by atoms with E-state index in [0.717, 1.165) is 0 Å². The van der Waals surface area contributed by atoms with Crippen molar-refractivity contribution in [3.05, 3.63) is 21.2 Å². The molecule has 1 aromatic rings. The van der Waals surface area contributed by atoms with Gasteiger partial charge in [-0.15, -0.1) is 0 Å². The molecule has 0 amide bonds. The molecule has 0 aromatic carbocycles. The van der Waals surface area contributed by atoms with E-state index in [0.29, 0.717) is 36.2 Å². The Bertz CT molecular complexity index is 433. The number of H-pyrrole nitrogens is 1. The number of aromatic nitrogens is 2. The number of nitrogens with one attached hydrogen (secondary N) is 1. The van der Waals surface area contributed by atoms with Crippen molar-refractivity contribution in [2.75, 3.05) is 18.0 Å². The molecule has 2 rings (SSSR count). The van der Waals surface area contributed by atoms with Gasteiger partial charge >= 0.3 is 0 Å². The van der Waals surface area contributed by atoms with E-state index in [4.69, 9.17) is 0 Å². The van der Waals surface area contributed by atoms with Gasteiger partial charge in [-0.2, -0.15) is 0 Å². The van der Waals surface area contributed by atoms with Gasteiger partial charge in [0.15, 0.2) is 0 Å². The molecule has 80 valence electrons. The third-order valence-corrected chi connectivity index (χ3v) is 3.11. The zero-order valence-corrected chi connectivity index (χ0v) is 9.58. The van der Waals surface area contributed by atoms with Crippen LogP contribution in [0, 0.1) is 0 Å². The van der Waals surface area contributed by atoms with Crippen molar-refractivity contribution in [3.63, 3.8) is 0 Å². The normalized spacial score (nSPS) is 16.9. The number of piperidine rings is 1. The molecule has 1 aliphatic rings. The molecule has 1 N–H and O–H groups in total. The fourth-order valence-corrected chi connectivity index (χ4v) is 2.03. The van der Waals surface area contributed by atoms with E-state index in [9.17, 15) is 9.59 Å². The lowest BCUT2D eigenvalue weighted by molar-refractivity contribution is -0.119. The van der Waals surface area contributed by atoms with E-state index < -0.39 is 0 Å². The van der Waals surface area contributed by atoms with Gasteiger partial charge in [0, 0.05) is 25.9 Å². The second-order valence-electron chi connectivity index (χ2n) is 3.39. The monoisotopic (exact) mass is 271 g/mol. The van der Waals surface area contributed by atoms with Crippen LogP contribution in [0.25, 0.3) is 0 Å². The van der Waals surface area contributed by atoms with E-state index in [1.165, 1.54) is 6.33 Å². The van der Waals surface area contributed by atoms with Crippen LogP contribution in [-0.4, -0.2) is 28.8 Å². The van der Waals surface area contributed by atoms with E-state index >= 15 is 0 Å². The molecule has 5 nitrogen and oxygen atoms in total. The number of carbonyl (C=O) groups excluding carboxylic acids is 1. The van der Waals surface area contributed by atoms with E-state index in [1.807, 2.05) is 4.90 Å². The Hall–Kier alpha value is -1.17. The summed E-state index contributed by atoms with van der Waals surface area (Å²) in [4.78, 5) is 30.9. The molecule has 1 aromatic heterocycles. The number of carbonyl (C=O) groups is 1. The summed E-state index contributed by atoms with van der Waals surface area (Å²) in [7, 11) is 0. The summed E-state index contributed by atoms with van der Waals surface area (Å²) < 4.78 is 0.430. The maximum Gasteiger partial charge on any atom is 0.267 e. The van der Waals surface area contributed by atoms with Crippen molar-refractivity contribution in [2.24, 2.45) is 0 Å². The second kappa shape index (κ2) is 4.14. The van der Waals surface area contributed by atoms with Crippen molar-refractivity contribution in [2.45, 2.75) is 12.8 Å². The molecule has 6 heteroatoms. The first-order valence-electron chi connectivity index (χ1n) is 4.68. The maximum atomic E-state index is 11.3. The highest BCUT2D eigenvalue weighted by Crippen LogP contribution is 2.21. The van der Waals surface area contributed by atoms with Crippen LogP contribution in [0.2, 0.25) is 0 Å². The van der Waals surface area contributed by atoms with Crippen LogP contribution in [0.1, 0.15) is 12.8 Å². The van der Waals surface area contributed by atoms with Crippen LogP contribution < -0.4 is 10.5 Å². The highest BCUT2D eigenvalue weighted by Gasteiger charge is 2.20. The smallest absolute Gasteiger partial charge is 0.267 e. The number of nitrogens with zero attached hydrogens (tertiary/aromatic N) is 2. The van der Waals surface area contributed by atoms with Crippen LogP contribution in [-0.2, 0) is 4.79 Å². The molecular formula is C9H10BrN3O2. The van der Waals surface area contributed by atoms with Crippen LogP contribution in [0.5, 0.6) is 0 Å². The zero-order valence-electron chi connectivity index (χ0n) is 7.99. The summed E-state index contributed by atoms with van der Waals surface area (Å²) in [6, 6.07) is 0. The number of ketones is 1. The number of aromatic amines is 1. The number of hydrogen-bond acceptors (Lipinski definition) is 4. The summed E-state index contributed by atoms with van der Waals surface area (Å²) in [6.45, 7) is 1.27. The fourth-order valence-electron chi connectivity index (χ4n) is 1.56. The molecule has 1 fully saturated rings. The third kappa shape index (κ3) is 2.09. The molecule has 0 atom stereocenters. The quantitative estimate of drug-likeness (QED) is 0.817. The number of anilines is 1. The van der Waals surface area contributed by atoms with Gasteiger partial charge in [0.25, 0.3) is 5.56 Å². The molecule has 15 heavy (non-hydrogen) atoms. The lowest BCUT2D eigenvalue weighted by atomic mass is 10.1. The molecular weight excluding hydrogens is 262 g/mol. The lowest BCUT2D eigenvalue weighted by Gasteiger charge is -2.27. The predicted octanol–water partition coefficient (Wildman–Crippen LogP) is 0.702. The fraction of sp³-hybridized carbons (Fsp3) is 0.444. The first-order valence-corrected chi connectivity index (χ1v) is 5.47. The minimum Gasteiger partial charge on any atom is -0.355 e. The van der Waals surface area contributed by atoms with Gasteiger partial charge in [-0.3, -0.25) is 9.59 Å². The molecule has 1 saturated heterocycles. The van der Waals surface area contributed by atoms with E-state index in [-0.39, 0.29) is 11.3 Å². The summed E-state index contributed by atoms with van der Waals surface area (Å²) in [5, 5.41) is 0. The summed E-state index contributed by atoms with van der Waals surface area (Å²) >= 11 is 3.20. The van der Waals surface area contributed by atoms with E-state index in [2.05, 4.69) is 25.9 Å². The van der Waals surface area contributed by atoms with Gasteiger partial charge in [-0.25, -0.2) is 4.98 Å². The molecule has 0 radical (unpaired) electrons. The van der Waals surface area contributed by atoms with Gasteiger partial charge in [0.1, 0.15) is 16.1 Å². The van der Waals surface area contributed by atoms with Crippen LogP contribution in [0.15, 0.2) is 15.6 Å². The molecule has 0 unspecified atom stereocenters. The first-order chi connectivity index (χ1) is 7.18. The van der Waals surface area contributed by atoms with Crippen molar-refractivity contribution in [1.29, 1.82) is 0 Å². The summed E-state index contributed by atoms with van der Waals surface area (Å²) in [5.74, 6) is 0.887. The third-order valence-electron chi connectivity index (χ3n) is 2.40. The Labute approximate surface area is 94.6 Å². The number of rotatable bonds is 1. The highest BCUT2D eigenvalue weighted by molar-refractivity contribution is 9.10. The van der Waals surface area contributed by atoms with Crippen LogP contribution in [0.3, 0.4) is 0 Å². The summed E-state index contributed by atoms with van der Waals surface area (Å²) in [5.41, 5.74) is -0.197. The van der Waals surface area contributed by atoms with Crippen molar-refractivity contribution < 1.29 is 4.79 Å². The minimum atomic E-state index is -0.197. The van der Waals surface area contributed by atoms with E-state index in [1.54, 1.807) is 0 Å². The SMILES string of the molecule is O=C1CCN(c2nc[nH]c(=O)c2Br)CC1. The maximum absolute atomic E-state index is 11.3. The Balaban J connectivity index is 2.26. The zero-order chi connectivity index (χ0) is 10.8. The predicted molar refractivity (Wildman–Crippen MR) is 59.0 cm³/mol. The molecule has 0 aliphatic carbocycles. The Morgan fingerprint density at radius 2 is 2.00 bits per heavy atom. The largest absolute Gasteiger partial charge is 0.355 e. The van der Waals surface area contributed by atoms with Gasteiger partial charge < -0.3 is 9.88 Å². The highest BCUT2D eigenvalue weighted by atomic mass is 79.9. The Kier molecular flexibility index (Phi) is 2.86.